The van der Waals surface area contributed by atoms with E-state index in [1.54, 1.807) is 13.0 Å². The number of halogens is 1. The van der Waals surface area contributed by atoms with Crippen LogP contribution in [-0.4, -0.2) is 49.8 Å². The fourth-order valence-electron chi connectivity index (χ4n) is 5.19. The van der Waals surface area contributed by atoms with Gasteiger partial charge in [0.15, 0.2) is 0 Å². The second-order valence-electron chi connectivity index (χ2n) is 10.4. The molecule has 2 N–H and O–H groups in total. The van der Waals surface area contributed by atoms with Crippen molar-refractivity contribution < 1.29 is 22.7 Å². The molecule has 36 heavy (non-hydrogen) atoms. The van der Waals surface area contributed by atoms with Gasteiger partial charge in [-0.05, 0) is 71.6 Å². The Balaban J connectivity index is 1.61. The highest BCUT2D eigenvalue weighted by Crippen LogP contribution is 2.45. The van der Waals surface area contributed by atoms with E-state index in [1.807, 2.05) is 0 Å². The van der Waals surface area contributed by atoms with Crippen LogP contribution in [0.5, 0.6) is 0 Å². The number of nitrogens with one attached hydrogen (secondary N) is 2. The van der Waals surface area contributed by atoms with Crippen LogP contribution in [0.3, 0.4) is 0 Å². The molecule has 1 amide bonds. The molecule has 0 aromatic carbocycles. The Bertz CT molecular complexity index is 1280. The van der Waals surface area contributed by atoms with Crippen LogP contribution in [0.15, 0.2) is 16.3 Å². The smallest absolute Gasteiger partial charge is 0.341 e. The van der Waals surface area contributed by atoms with Crippen molar-refractivity contribution >= 4 is 61.2 Å². The van der Waals surface area contributed by atoms with Crippen molar-refractivity contribution in [3.63, 3.8) is 0 Å². The van der Waals surface area contributed by atoms with Crippen molar-refractivity contribution in [1.82, 2.24) is 9.62 Å². The van der Waals surface area contributed by atoms with Gasteiger partial charge in [-0.25, -0.2) is 13.2 Å². The Morgan fingerprint density at radius 3 is 2.61 bits per heavy atom. The number of hydrogen-bond acceptors (Lipinski definition) is 8. The third kappa shape index (κ3) is 5.37. The molecule has 0 bridgehead atoms. The van der Waals surface area contributed by atoms with Gasteiger partial charge >= 0.3 is 5.97 Å². The number of piperidine rings is 1. The Kier molecular flexibility index (Phi) is 7.64. The highest BCUT2D eigenvalue weighted by molar-refractivity contribution is 7.91. The van der Waals surface area contributed by atoms with Gasteiger partial charge in [0.2, 0.25) is 5.91 Å². The van der Waals surface area contributed by atoms with E-state index in [2.05, 4.69) is 38.3 Å². The van der Waals surface area contributed by atoms with Crippen LogP contribution in [-0.2, 0) is 31.5 Å². The molecule has 0 radical (unpaired) electrons. The topological polar surface area (TPSA) is 105 Å². The molecule has 2 aromatic heterocycles. The van der Waals surface area contributed by atoms with E-state index >= 15 is 0 Å². The summed E-state index contributed by atoms with van der Waals surface area (Å²) in [7, 11) is -3.73. The zero-order valence-electron chi connectivity index (χ0n) is 21.1. The normalized spacial score (nSPS) is 21.6. The molecule has 0 spiro atoms. The van der Waals surface area contributed by atoms with E-state index in [0.29, 0.717) is 40.7 Å². The summed E-state index contributed by atoms with van der Waals surface area (Å²) in [6, 6.07) is 3.05. The first-order valence-corrected chi connectivity index (χ1v) is 15.4. The molecule has 1 atom stereocenters. The number of fused-ring (bicyclic) bond motifs is 1. The first-order chi connectivity index (χ1) is 16.7. The summed E-state index contributed by atoms with van der Waals surface area (Å²) in [4.78, 5) is 27.4. The molecule has 0 saturated carbocycles. The number of esters is 1. The quantitative estimate of drug-likeness (QED) is 0.479. The van der Waals surface area contributed by atoms with Crippen LogP contribution in [0.25, 0.3) is 0 Å². The number of sulfonamides is 1. The number of amides is 1. The summed E-state index contributed by atoms with van der Waals surface area (Å²) in [5.41, 5.74) is 0.651. The number of carbonyl (C=O) groups is 2. The third-order valence-electron chi connectivity index (χ3n) is 6.46. The molecule has 1 unspecified atom stereocenters. The van der Waals surface area contributed by atoms with Gasteiger partial charge in [0.25, 0.3) is 10.0 Å². The van der Waals surface area contributed by atoms with Crippen LogP contribution < -0.4 is 10.6 Å². The lowest BCUT2D eigenvalue weighted by molar-refractivity contribution is -0.120. The number of ether oxygens (including phenoxy) is 1. The molecule has 198 valence electrons. The highest BCUT2D eigenvalue weighted by Gasteiger charge is 2.42. The number of hydrogen-bond donors (Lipinski definition) is 2. The van der Waals surface area contributed by atoms with Gasteiger partial charge in [-0.3, -0.25) is 4.79 Å². The van der Waals surface area contributed by atoms with Crippen molar-refractivity contribution in [2.45, 2.75) is 69.2 Å². The Hall–Kier alpha value is -1.50. The van der Waals surface area contributed by atoms with E-state index in [4.69, 9.17) is 16.3 Å². The van der Waals surface area contributed by atoms with Crippen LogP contribution in [0.2, 0.25) is 4.34 Å². The van der Waals surface area contributed by atoms with Crippen LogP contribution in [0.1, 0.15) is 68.3 Å². The average molecular weight is 574 g/mol. The zero-order chi connectivity index (χ0) is 26.5. The molecule has 2 aliphatic rings. The molecule has 8 nitrogen and oxygen atoms in total. The lowest BCUT2D eigenvalue weighted by atomic mass is 9.81. The summed E-state index contributed by atoms with van der Waals surface area (Å²) >= 11 is 8.34. The van der Waals surface area contributed by atoms with E-state index in [0.717, 1.165) is 21.8 Å². The van der Waals surface area contributed by atoms with Crippen LogP contribution in [0.4, 0.5) is 5.00 Å². The second-order valence-corrected chi connectivity index (χ2v) is 15.3. The summed E-state index contributed by atoms with van der Waals surface area (Å²) < 4.78 is 33.5. The molecule has 1 saturated heterocycles. The number of thiophene rings is 2. The van der Waals surface area contributed by atoms with Gasteiger partial charge in [0.1, 0.15) is 9.21 Å². The van der Waals surface area contributed by atoms with Crippen molar-refractivity contribution in [3.8, 4) is 0 Å². The maximum absolute atomic E-state index is 13.4. The van der Waals surface area contributed by atoms with E-state index < -0.39 is 27.4 Å². The van der Waals surface area contributed by atoms with E-state index in [9.17, 15) is 18.0 Å². The molecule has 4 heterocycles. The van der Waals surface area contributed by atoms with Crippen molar-refractivity contribution in [3.05, 3.63) is 32.5 Å². The molecular weight excluding hydrogens is 542 g/mol. The van der Waals surface area contributed by atoms with Gasteiger partial charge in [-0.15, -0.1) is 22.7 Å². The minimum Gasteiger partial charge on any atom is -0.462 e. The minimum absolute atomic E-state index is 0.0730. The summed E-state index contributed by atoms with van der Waals surface area (Å²) in [6.07, 6.45) is 1.74. The maximum Gasteiger partial charge on any atom is 0.341 e. The molecular formula is C24H32ClN3O5S3. The van der Waals surface area contributed by atoms with Gasteiger partial charge in [0, 0.05) is 29.0 Å². The molecule has 0 aliphatic carbocycles. The van der Waals surface area contributed by atoms with Gasteiger partial charge in [-0.1, -0.05) is 11.6 Å². The predicted molar refractivity (Wildman–Crippen MR) is 144 cm³/mol. The minimum atomic E-state index is -3.73. The zero-order valence-corrected chi connectivity index (χ0v) is 24.3. The van der Waals surface area contributed by atoms with Crippen LogP contribution in [0, 0.1) is 5.92 Å². The molecule has 2 aromatic rings. The molecule has 12 heteroatoms. The SMILES string of the molecule is CCOC(=O)c1c(NC(=O)C2CCCN(S(=O)(=O)c3ccc(Cl)s3)C2)sc2c1CC(C)(C)NC2(C)C. The highest BCUT2D eigenvalue weighted by atomic mass is 35.5. The molecule has 2 aliphatic heterocycles. The van der Waals surface area contributed by atoms with Gasteiger partial charge in [-0.2, -0.15) is 4.31 Å². The largest absolute Gasteiger partial charge is 0.462 e. The van der Waals surface area contributed by atoms with Gasteiger partial charge in [0.05, 0.1) is 22.4 Å². The van der Waals surface area contributed by atoms with Crippen LogP contribution >= 0.6 is 34.3 Å². The average Bonchev–Trinajstić information content (AvgIpc) is 3.37. The second kappa shape index (κ2) is 9.99. The van der Waals surface area contributed by atoms with Crippen molar-refractivity contribution in [2.75, 3.05) is 25.0 Å². The first-order valence-electron chi connectivity index (χ1n) is 11.9. The summed E-state index contributed by atoms with van der Waals surface area (Å²) in [5.74, 6) is -1.30. The van der Waals surface area contributed by atoms with E-state index in [1.165, 1.54) is 21.7 Å². The number of rotatable bonds is 6. The third-order valence-corrected chi connectivity index (χ3v) is 11.5. The lowest BCUT2D eigenvalue weighted by Gasteiger charge is -2.42. The number of anilines is 1. The fraction of sp³-hybridized carbons (Fsp3) is 0.583. The predicted octanol–water partition coefficient (Wildman–Crippen LogP) is 4.84. The summed E-state index contributed by atoms with van der Waals surface area (Å²) in [5, 5.41) is 7.05. The number of nitrogens with zero attached hydrogens (tertiary/aromatic N) is 1. The standard InChI is InChI=1S/C24H32ClN3O5S3/c1-6-33-22(30)18-15-12-23(2,3)27-24(4,5)19(15)35-21(18)26-20(29)14-8-7-11-28(13-14)36(31,32)17-10-9-16(25)34-17/h9-10,14,27H,6-8,11-13H2,1-5H3,(H,26,29). The summed E-state index contributed by atoms with van der Waals surface area (Å²) in [6.45, 7) is 10.7. The first kappa shape index (κ1) is 27.5. The van der Waals surface area contributed by atoms with Crippen molar-refractivity contribution in [2.24, 2.45) is 5.92 Å². The molecule has 1 fully saturated rings. The molecule has 4 rings (SSSR count). The monoisotopic (exact) mass is 573 g/mol. The maximum atomic E-state index is 13.4. The van der Waals surface area contributed by atoms with Crippen molar-refractivity contribution in [1.29, 1.82) is 0 Å². The van der Waals surface area contributed by atoms with Gasteiger partial charge < -0.3 is 15.4 Å². The number of carbonyl (C=O) groups excluding carboxylic acids is 2. The Labute approximate surface area is 225 Å². The Morgan fingerprint density at radius 2 is 1.97 bits per heavy atom. The Morgan fingerprint density at radius 1 is 1.25 bits per heavy atom. The lowest BCUT2D eigenvalue weighted by Crippen LogP contribution is -2.55. The van der Waals surface area contributed by atoms with E-state index in [-0.39, 0.29) is 28.8 Å². The fourth-order valence-corrected chi connectivity index (χ4v) is 9.62.